The second-order valence-corrected chi connectivity index (χ2v) is 5.55. The smallest absolute Gasteiger partial charge is 0.310 e. The molecule has 16 heavy (non-hydrogen) atoms. The molecule has 2 atom stereocenters. The van der Waals surface area contributed by atoms with E-state index in [1.54, 1.807) is 0 Å². The lowest BCUT2D eigenvalue weighted by Gasteiger charge is -2.39. The van der Waals surface area contributed by atoms with E-state index in [2.05, 4.69) is 12.2 Å². The van der Waals surface area contributed by atoms with Crippen LogP contribution in [0.5, 0.6) is 0 Å². The van der Waals surface area contributed by atoms with Gasteiger partial charge in [0, 0.05) is 13.1 Å². The first-order chi connectivity index (χ1) is 7.68. The summed E-state index contributed by atoms with van der Waals surface area (Å²) in [5, 5.41) is 3.37. The molecule has 1 heterocycles. The van der Waals surface area contributed by atoms with Crippen molar-refractivity contribution in [3.63, 3.8) is 0 Å². The van der Waals surface area contributed by atoms with Crippen LogP contribution in [0.4, 0.5) is 0 Å². The van der Waals surface area contributed by atoms with Crippen molar-refractivity contribution in [3.8, 4) is 0 Å². The zero-order valence-corrected chi connectivity index (χ0v) is 10.4. The Labute approximate surface area is 97.9 Å². The molecule has 3 nitrogen and oxygen atoms in total. The third-order valence-electron chi connectivity index (χ3n) is 4.67. The van der Waals surface area contributed by atoms with Crippen molar-refractivity contribution in [3.05, 3.63) is 0 Å². The van der Waals surface area contributed by atoms with Crippen LogP contribution in [0.15, 0.2) is 0 Å². The largest absolute Gasteiger partial charge is 0.469 e. The van der Waals surface area contributed by atoms with E-state index in [9.17, 15) is 4.79 Å². The fourth-order valence-electron chi connectivity index (χ4n) is 3.53. The van der Waals surface area contributed by atoms with Crippen molar-refractivity contribution in [1.29, 1.82) is 0 Å². The molecule has 3 heteroatoms. The number of carbonyl (C=O) groups excluding carboxylic acids is 1. The topological polar surface area (TPSA) is 38.3 Å². The Hall–Kier alpha value is -0.570. The van der Waals surface area contributed by atoms with Crippen LogP contribution in [0.2, 0.25) is 0 Å². The SMILES string of the molecule is COC(=O)C1CNCC1(C)C1CCCCC1. The average molecular weight is 225 g/mol. The van der Waals surface area contributed by atoms with Crippen LogP contribution in [0.1, 0.15) is 39.0 Å². The van der Waals surface area contributed by atoms with Gasteiger partial charge in [-0.05, 0) is 24.2 Å². The van der Waals surface area contributed by atoms with E-state index in [1.807, 2.05) is 0 Å². The zero-order valence-electron chi connectivity index (χ0n) is 10.4. The molecule has 0 aromatic rings. The molecule has 92 valence electrons. The molecule has 1 saturated carbocycles. The molecular formula is C13H23NO2. The molecule has 0 aromatic carbocycles. The molecule has 0 bridgehead atoms. The Balaban J connectivity index is 2.11. The van der Waals surface area contributed by atoms with Crippen molar-refractivity contribution in [1.82, 2.24) is 5.32 Å². The van der Waals surface area contributed by atoms with Crippen LogP contribution in [-0.4, -0.2) is 26.2 Å². The van der Waals surface area contributed by atoms with Crippen LogP contribution >= 0.6 is 0 Å². The summed E-state index contributed by atoms with van der Waals surface area (Å²) in [6.45, 7) is 4.03. The maximum atomic E-state index is 11.8. The third kappa shape index (κ3) is 1.97. The van der Waals surface area contributed by atoms with Gasteiger partial charge in [-0.1, -0.05) is 26.2 Å². The predicted octanol–water partition coefficient (Wildman–Crippen LogP) is 1.97. The highest BCUT2D eigenvalue weighted by Gasteiger charge is 2.48. The van der Waals surface area contributed by atoms with Crippen molar-refractivity contribution >= 4 is 5.97 Å². The second kappa shape index (κ2) is 4.74. The van der Waals surface area contributed by atoms with Gasteiger partial charge in [-0.3, -0.25) is 4.79 Å². The number of nitrogens with one attached hydrogen (secondary N) is 1. The van der Waals surface area contributed by atoms with Gasteiger partial charge < -0.3 is 10.1 Å². The zero-order chi connectivity index (χ0) is 11.6. The minimum Gasteiger partial charge on any atom is -0.469 e. The molecule has 0 spiro atoms. The van der Waals surface area contributed by atoms with Gasteiger partial charge in [0.05, 0.1) is 13.0 Å². The van der Waals surface area contributed by atoms with E-state index in [4.69, 9.17) is 4.74 Å². The van der Waals surface area contributed by atoms with Gasteiger partial charge >= 0.3 is 5.97 Å². The summed E-state index contributed by atoms with van der Waals surface area (Å²) in [6.07, 6.45) is 6.59. The van der Waals surface area contributed by atoms with Crippen LogP contribution in [0.25, 0.3) is 0 Å². The lowest BCUT2D eigenvalue weighted by molar-refractivity contribution is -0.149. The van der Waals surface area contributed by atoms with Gasteiger partial charge in [0.15, 0.2) is 0 Å². The molecule has 2 aliphatic rings. The van der Waals surface area contributed by atoms with E-state index >= 15 is 0 Å². The minimum atomic E-state index is -0.0296. The summed E-state index contributed by atoms with van der Waals surface area (Å²) in [5.74, 6) is 0.721. The van der Waals surface area contributed by atoms with Crippen LogP contribution in [-0.2, 0) is 9.53 Å². The van der Waals surface area contributed by atoms with Gasteiger partial charge in [0.2, 0.25) is 0 Å². The Morgan fingerprint density at radius 3 is 2.62 bits per heavy atom. The summed E-state index contributed by atoms with van der Waals surface area (Å²) < 4.78 is 4.94. The number of hydrogen-bond donors (Lipinski definition) is 1. The van der Waals surface area contributed by atoms with Gasteiger partial charge in [-0.25, -0.2) is 0 Å². The third-order valence-corrected chi connectivity index (χ3v) is 4.67. The standard InChI is InChI=1S/C13H23NO2/c1-13(10-6-4-3-5-7-10)9-14-8-11(13)12(15)16-2/h10-11,14H,3-9H2,1-2H3. The number of hydrogen-bond acceptors (Lipinski definition) is 3. The maximum Gasteiger partial charge on any atom is 0.310 e. The van der Waals surface area contributed by atoms with Gasteiger partial charge in [0.25, 0.3) is 0 Å². The normalized spacial score (nSPS) is 36.2. The van der Waals surface area contributed by atoms with E-state index in [1.165, 1.54) is 39.2 Å². The summed E-state index contributed by atoms with van der Waals surface area (Å²) >= 11 is 0. The van der Waals surface area contributed by atoms with Gasteiger partial charge in [-0.15, -0.1) is 0 Å². The molecule has 1 saturated heterocycles. The molecular weight excluding hydrogens is 202 g/mol. The molecule has 2 unspecified atom stereocenters. The summed E-state index contributed by atoms with van der Waals surface area (Å²) in [4.78, 5) is 11.8. The molecule has 1 aliphatic heterocycles. The Morgan fingerprint density at radius 2 is 2.00 bits per heavy atom. The highest BCUT2D eigenvalue weighted by atomic mass is 16.5. The summed E-state index contributed by atoms with van der Waals surface area (Å²) in [6, 6.07) is 0. The monoisotopic (exact) mass is 225 g/mol. The highest BCUT2D eigenvalue weighted by molar-refractivity contribution is 5.74. The second-order valence-electron chi connectivity index (χ2n) is 5.55. The fourth-order valence-corrected chi connectivity index (χ4v) is 3.53. The van der Waals surface area contributed by atoms with Crippen molar-refractivity contribution in [2.24, 2.45) is 17.3 Å². The average Bonchev–Trinajstić information content (AvgIpc) is 2.73. The van der Waals surface area contributed by atoms with Crippen molar-refractivity contribution in [2.45, 2.75) is 39.0 Å². The molecule has 2 fully saturated rings. The van der Waals surface area contributed by atoms with Crippen molar-refractivity contribution in [2.75, 3.05) is 20.2 Å². The van der Waals surface area contributed by atoms with Gasteiger partial charge in [-0.2, -0.15) is 0 Å². The lowest BCUT2D eigenvalue weighted by Crippen LogP contribution is -2.40. The Kier molecular flexibility index (Phi) is 3.53. The first kappa shape index (κ1) is 11.9. The summed E-state index contributed by atoms with van der Waals surface area (Å²) in [5.41, 5.74) is 0.119. The van der Waals surface area contributed by atoms with E-state index in [-0.39, 0.29) is 17.3 Å². The summed E-state index contributed by atoms with van der Waals surface area (Å²) in [7, 11) is 1.50. The molecule has 1 N–H and O–H groups in total. The fraction of sp³-hybridized carbons (Fsp3) is 0.923. The Bertz CT molecular complexity index is 261. The number of rotatable bonds is 2. The van der Waals surface area contributed by atoms with Crippen LogP contribution in [0.3, 0.4) is 0 Å². The minimum absolute atomic E-state index is 0.0296. The van der Waals surface area contributed by atoms with Crippen LogP contribution < -0.4 is 5.32 Å². The number of esters is 1. The predicted molar refractivity (Wildman–Crippen MR) is 63.1 cm³/mol. The molecule has 0 aromatic heterocycles. The first-order valence-electron chi connectivity index (χ1n) is 6.47. The van der Waals surface area contributed by atoms with E-state index < -0.39 is 0 Å². The van der Waals surface area contributed by atoms with Crippen molar-refractivity contribution < 1.29 is 9.53 Å². The quantitative estimate of drug-likeness (QED) is 0.730. The highest BCUT2D eigenvalue weighted by Crippen LogP contribution is 2.45. The van der Waals surface area contributed by atoms with E-state index in [0.717, 1.165) is 13.1 Å². The lowest BCUT2D eigenvalue weighted by atomic mass is 9.65. The number of carbonyl (C=O) groups is 1. The molecule has 1 aliphatic carbocycles. The molecule has 0 radical (unpaired) electrons. The number of methoxy groups -OCH3 is 1. The number of ether oxygens (including phenoxy) is 1. The van der Waals surface area contributed by atoms with E-state index in [0.29, 0.717) is 5.92 Å². The van der Waals surface area contributed by atoms with Gasteiger partial charge in [0.1, 0.15) is 0 Å². The molecule has 0 amide bonds. The first-order valence-corrected chi connectivity index (χ1v) is 6.47. The van der Waals surface area contributed by atoms with Crippen LogP contribution in [0, 0.1) is 17.3 Å². The Morgan fingerprint density at radius 1 is 1.31 bits per heavy atom. The maximum absolute atomic E-state index is 11.8. The molecule has 2 rings (SSSR count).